The first-order valence-corrected chi connectivity index (χ1v) is 8.01. The van der Waals surface area contributed by atoms with Crippen molar-refractivity contribution in [3.63, 3.8) is 0 Å². The number of halogens is 1. The van der Waals surface area contributed by atoms with Crippen LogP contribution in [0.1, 0.15) is 16.7 Å². The van der Waals surface area contributed by atoms with E-state index in [0.29, 0.717) is 0 Å². The zero-order valence-corrected chi connectivity index (χ0v) is 13.2. The molecule has 0 fully saturated rings. The molecule has 0 N–H and O–H groups in total. The molecule has 2 aromatic rings. The fourth-order valence-electron chi connectivity index (χ4n) is 2.57. The lowest BCUT2D eigenvalue weighted by molar-refractivity contribution is 0.331. The Bertz CT molecular complexity index is 612. The topological polar surface area (TPSA) is 12.5 Å². The molecule has 0 spiro atoms. The Kier molecular flexibility index (Phi) is 3.97. The highest BCUT2D eigenvalue weighted by Crippen LogP contribution is 2.27. The summed E-state index contributed by atoms with van der Waals surface area (Å²) in [4.78, 5) is 2.39. The number of aryl methyl sites for hydroxylation is 1. The van der Waals surface area contributed by atoms with Crippen LogP contribution >= 0.6 is 15.9 Å². The molecule has 104 valence electrons. The van der Waals surface area contributed by atoms with Crippen LogP contribution < -0.4 is 9.64 Å². The lowest BCUT2D eigenvalue weighted by Gasteiger charge is -2.23. The van der Waals surface area contributed by atoms with Gasteiger partial charge >= 0.3 is 0 Å². The van der Waals surface area contributed by atoms with Crippen molar-refractivity contribution in [3.8, 4) is 5.75 Å². The number of hydrogen-bond donors (Lipinski definition) is 0. The Labute approximate surface area is 128 Å². The van der Waals surface area contributed by atoms with Gasteiger partial charge in [0.2, 0.25) is 0 Å². The van der Waals surface area contributed by atoms with Gasteiger partial charge in [0, 0.05) is 23.1 Å². The number of alkyl halides is 1. The van der Waals surface area contributed by atoms with Gasteiger partial charge in [-0.3, -0.25) is 0 Å². The Hall–Kier alpha value is -1.48. The van der Waals surface area contributed by atoms with Crippen molar-refractivity contribution in [1.82, 2.24) is 0 Å². The minimum atomic E-state index is 0.732. The molecule has 0 atom stereocenters. The minimum Gasteiger partial charge on any atom is -0.491 e. The second-order valence-corrected chi connectivity index (χ2v) is 5.68. The zero-order valence-electron chi connectivity index (χ0n) is 11.6. The number of ether oxygens (including phenoxy) is 1. The van der Waals surface area contributed by atoms with Gasteiger partial charge in [0.25, 0.3) is 0 Å². The van der Waals surface area contributed by atoms with E-state index in [1.807, 2.05) is 6.07 Å². The van der Waals surface area contributed by atoms with E-state index >= 15 is 0 Å². The fraction of sp³-hybridized carbons (Fsp3) is 0.294. The molecule has 3 rings (SSSR count). The second kappa shape index (κ2) is 5.88. The average molecular weight is 332 g/mol. The van der Waals surface area contributed by atoms with Crippen molar-refractivity contribution < 1.29 is 4.74 Å². The lowest BCUT2D eigenvalue weighted by Crippen LogP contribution is -2.25. The van der Waals surface area contributed by atoms with Crippen LogP contribution in [-0.4, -0.2) is 13.2 Å². The number of nitrogens with zero attached hydrogens (tertiary/aromatic N) is 1. The van der Waals surface area contributed by atoms with Gasteiger partial charge in [-0.25, -0.2) is 0 Å². The summed E-state index contributed by atoms with van der Waals surface area (Å²) in [7, 11) is 0. The van der Waals surface area contributed by atoms with E-state index < -0.39 is 0 Å². The van der Waals surface area contributed by atoms with Gasteiger partial charge < -0.3 is 9.64 Å². The largest absolute Gasteiger partial charge is 0.491 e. The van der Waals surface area contributed by atoms with E-state index in [0.717, 1.165) is 30.8 Å². The van der Waals surface area contributed by atoms with E-state index in [1.165, 1.54) is 22.4 Å². The maximum absolute atomic E-state index is 5.83. The van der Waals surface area contributed by atoms with Gasteiger partial charge in [0.05, 0.1) is 6.54 Å². The Morgan fingerprint density at radius 2 is 2.05 bits per heavy atom. The Morgan fingerprint density at radius 3 is 2.85 bits per heavy atom. The molecule has 2 aromatic carbocycles. The highest BCUT2D eigenvalue weighted by molar-refractivity contribution is 9.08. The smallest absolute Gasteiger partial charge is 0.124 e. The van der Waals surface area contributed by atoms with Crippen molar-refractivity contribution in [2.45, 2.75) is 18.8 Å². The summed E-state index contributed by atoms with van der Waals surface area (Å²) in [6.07, 6.45) is 0. The van der Waals surface area contributed by atoms with Crippen LogP contribution in [0.5, 0.6) is 5.75 Å². The van der Waals surface area contributed by atoms with Crippen LogP contribution in [0.4, 0.5) is 5.69 Å². The summed E-state index contributed by atoms with van der Waals surface area (Å²) >= 11 is 3.53. The Balaban J connectivity index is 1.89. The molecular formula is C17H18BrNO. The number of fused-ring (bicyclic) bond motifs is 1. The van der Waals surface area contributed by atoms with Crippen molar-refractivity contribution >= 4 is 21.6 Å². The Morgan fingerprint density at radius 1 is 1.20 bits per heavy atom. The predicted octanol–water partition coefficient (Wildman–Crippen LogP) is 4.29. The molecule has 0 aromatic heterocycles. The van der Waals surface area contributed by atoms with Crippen molar-refractivity contribution in [2.24, 2.45) is 0 Å². The summed E-state index contributed by atoms with van der Waals surface area (Å²) in [5.41, 5.74) is 5.21. The van der Waals surface area contributed by atoms with Crippen LogP contribution in [0, 0.1) is 6.92 Å². The summed E-state index contributed by atoms with van der Waals surface area (Å²) < 4.78 is 5.83. The highest BCUT2D eigenvalue weighted by Gasteiger charge is 2.15. The molecule has 1 aliphatic heterocycles. The molecule has 0 aliphatic carbocycles. The summed E-state index contributed by atoms with van der Waals surface area (Å²) in [5.74, 6) is 1.02. The van der Waals surface area contributed by atoms with Crippen LogP contribution in [-0.2, 0) is 11.9 Å². The number of para-hydroxylation sites is 1. The van der Waals surface area contributed by atoms with Crippen molar-refractivity contribution in [1.29, 1.82) is 0 Å². The van der Waals surface area contributed by atoms with Gasteiger partial charge in [-0.2, -0.15) is 0 Å². The molecule has 1 aliphatic rings. The van der Waals surface area contributed by atoms with E-state index in [4.69, 9.17) is 4.74 Å². The van der Waals surface area contributed by atoms with Crippen LogP contribution in [0.3, 0.4) is 0 Å². The zero-order chi connectivity index (χ0) is 13.9. The molecule has 2 nitrogen and oxygen atoms in total. The summed E-state index contributed by atoms with van der Waals surface area (Å²) in [6, 6.07) is 15.0. The second-order valence-electron chi connectivity index (χ2n) is 5.12. The average Bonchev–Trinajstić information content (AvgIpc) is 2.69. The molecule has 3 heteroatoms. The molecule has 0 amide bonds. The SMILES string of the molecule is Cc1cc(N2CCOc3ccccc3C2)ccc1CBr. The molecule has 0 unspecified atom stereocenters. The van der Waals surface area contributed by atoms with Crippen molar-refractivity contribution in [3.05, 3.63) is 59.2 Å². The molecule has 0 bridgehead atoms. The first kappa shape index (κ1) is 13.5. The minimum absolute atomic E-state index is 0.732. The third-order valence-corrected chi connectivity index (χ3v) is 4.39. The number of anilines is 1. The quantitative estimate of drug-likeness (QED) is 0.761. The van der Waals surface area contributed by atoms with Gasteiger partial charge in [0.15, 0.2) is 0 Å². The van der Waals surface area contributed by atoms with E-state index in [-0.39, 0.29) is 0 Å². The molecule has 0 saturated carbocycles. The van der Waals surface area contributed by atoms with E-state index in [1.54, 1.807) is 0 Å². The van der Waals surface area contributed by atoms with Crippen LogP contribution in [0.15, 0.2) is 42.5 Å². The predicted molar refractivity (Wildman–Crippen MR) is 86.8 cm³/mol. The number of hydrogen-bond acceptors (Lipinski definition) is 2. The molecule has 0 radical (unpaired) electrons. The first-order valence-electron chi connectivity index (χ1n) is 6.89. The normalized spacial score (nSPS) is 14.4. The van der Waals surface area contributed by atoms with Gasteiger partial charge in [-0.05, 0) is 36.2 Å². The van der Waals surface area contributed by atoms with Crippen molar-refractivity contribution in [2.75, 3.05) is 18.1 Å². The fourth-order valence-corrected chi connectivity index (χ4v) is 3.20. The monoisotopic (exact) mass is 331 g/mol. The van der Waals surface area contributed by atoms with E-state index in [9.17, 15) is 0 Å². The molecule has 0 saturated heterocycles. The molecule has 20 heavy (non-hydrogen) atoms. The maximum Gasteiger partial charge on any atom is 0.124 e. The summed E-state index contributed by atoms with van der Waals surface area (Å²) in [5, 5.41) is 0.908. The van der Waals surface area contributed by atoms with Gasteiger partial charge in [-0.1, -0.05) is 40.2 Å². The third kappa shape index (κ3) is 2.68. The highest BCUT2D eigenvalue weighted by atomic mass is 79.9. The van der Waals surface area contributed by atoms with Gasteiger partial charge in [0.1, 0.15) is 12.4 Å². The van der Waals surface area contributed by atoms with Crippen LogP contribution in [0.2, 0.25) is 0 Å². The third-order valence-electron chi connectivity index (χ3n) is 3.79. The molecular weight excluding hydrogens is 314 g/mol. The first-order chi connectivity index (χ1) is 9.78. The standard InChI is InChI=1S/C17H18BrNO/c1-13-10-16(7-6-14(13)11-18)19-8-9-20-17-5-3-2-4-15(17)12-19/h2-7,10H,8-9,11-12H2,1H3. The van der Waals surface area contributed by atoms with E-state index in [2.05, 4.69) is 64.2 Å². The maximum atomic E-state index is 5.83. The lowest BCUT2D eigenvalue weighted by atomic mass is 10.1. The van der Waals surface area contributed by atoms with Gasteiger partial charge in [-0.15, -0.1) is 0 Å². The summed E-state index contributed by atoms with van der Waals surface area (Å²) in [6.45, 7) is 4.73. The van der Waals surface area contributed by atoms with Crippen LogP contribution in [0.25, 0.3) is 0 Å². The number of benzene rings is 2. The molecule has 1 heterocycles. The number of rotatable bonds is 2.